The molecular formula is C16H22N4O2. The Bertz CT molecular complexity index is 742. The number of rotatable bonds is 6. The lowest BCUT2D eigenvalue weighted by atomic mass is 10.2. The number of aromatic nitrogens is 2. The minimum atomic E-state index is -0.169. The first-order chi connectivity index (χ1) is 10.6. The fourth-order valence-corrected chi connectivity index (χ4v) is 2.85. The molecule has 1 atom stereocenters. The third-order valence-corrected chi connectivity index (χ3v) is 4.31. The molecule has 1 aromatic heterocycles. The molecule has 1 fully saturated rings. The molecule has 1 heterocycles. The van der Waals surface area contributed by atoms with Crippen LogP contribution in [0, 0.1) is 5.92 Å². The Kier molecular flexibility index (Phi) is 4.02. The van der Waals surface area contributed by atoms with Crippen molar-refractivity contribution in [3.8, 4) is 0 Å². The van der Waals surface area contributed by atoms with E-state index in [-0.39, 0.29) is 24.2 Å². The van der Waals surface area contributed by atoms with Gasteiger partial charge in [-0.3, -0.25) is 13.9 Å². The standard InChI is InChI=1S/C16H22N4O2/c1-2-19-13-5-3-4-6-14(13)20(16(19)22)10-15(21)18-9-12(17)11-7-8-11/h3-6,11-12H,2,7-10,17H2,1H3,(H,18,21). The highest BCUT2D eigenvalue weighted by Gasteiger charge is 2.28. The Balaban J connectivity index is 1.76. The van der Waals surface area contributed by atoms with Gasteiger partial charge in [0, 0.05) is 19.1 Å². The Morgan fingerprint density at radius 2 is 1.95 bits per heavy atom. The van der Waals surface area contributed by atoms with Crippen molar-refractivity contribution in [3.63, 3.8) is 0 Å². The number of hydrogen-bond acceptors (Lipinski definition) is 3. The van der Waals surface area contributed by atoms with Gasteiger partial charge >= 0.3 is 5.69 Å². The van der Waals surface area contributed by atoms with E-state index >= 15 is 0 Å². The zero-order chi connectivity index (χ0) is 15.7. The normalized spacial score (nSPS) is 15.9. The van der Waals surface area contributed by atoms with Gasteiger partial charge in [-0.25, -0.2) is 4.79 Å². The van der Waals surface area contributed by atoms with E-state index in [1.807, 2.05) is 31.2 Å². The zero-order valence-corrected chi connectivity index (χ0v) is 12.8. The van der Waals surface area contributed by atoms with Crippen molar-refractivity contribution in [3.05, 3.63) is 34.7 Å². The first kappa shape index (κ1) is 14.8. The number of nitrogens with zero attached hydrogens (tertiary/aromatic N) is 2. The number of nitrogens with two attached hydrogens (primary N) is 1. The number of imidazole rings is 1. The molecule has 118 valence electrons. The molecule has 1 amide bonds. The largest absolute Gasteiger partial charge is 0.353 e. The summed E-state index contributed by atoms with van der Waals surface area (Å²) in [5, 5.41) is 2.84. The lowest BCUT2D eigenvalue weighted by Gasteiger charge is -2.11. The highest BCUT2D eigenvalue weighted by molar-refractivity contribution is 5.80. The molecule has 6 heteroatoms. The molecule has 0 radical (unpaired) electrons. The topological polar surface area (TPSA) is 82.0 Å². The molecule has 1 aromatic carbocycles. The number of carbonyl (C=O) groups excluding carboxylic acids is 1. The average Bonchev–Trinajstić information content (AvgIpc) is 3.33. The summed E-state index contributed by atoms with van der Waals surface area (Å²) in [5.74, 6) is 0.377. The van der Waals surface area contributed by atoms with Crippen LogP contribution < -0.4 is 16.7 Å². The van der Waals surface area contributed by atoms with Gasteiger partial charge in [-0.2, -0.15) is 0 Å². The van der Waals surface area contributed by atoms with Crippen LogP contribution in [0.5, 0.6) is 0 Å². The van der Waals surface area contributed by atoms with E-state index in [0.717, 1.165) is 23.9 Å². The van der Waals surface area contributed by atoms with Crippen molar-refractivity contribution >= 4 is 16.9 Å². The molecule has 0 aliphatic heterocycles. The molecule has 0 bridgehead atoms. The molecule has 0 saturated heterocycles. The molecular weight excluding hydrogens is 280 g/mol. The summed E-state index contributed by atoms with van der Waals surface area (Å²) >= 11 is 0. The van der Waals surface area contributed by atoms with Gasteiger partial charge < -0.3 is 11.1 Å². The molecule has 3 N–H and O–H groups in total. The minimum Gasteiger partial charge on any atom is -0.353 e. The second-order valence-electron chi connectivity index (χ2n) is 5.91. The SMILES string of the molecule is CCn1c(=O)n(CC(=O)NCC(N)C2CC2)c2ccccc21. The average molecular weight is 302 g/mol. The van der Waals surface area contributed by atoms with E-state index in [9.17, 15) is 9.59 Å². The maximum Gasteiger partial charge on any atom is 0.329 e. The fraction of sp³-hybridized carbons (Fsp3) is 0.500. The predicted molar refractivity (Wildman–Crippen MR) is 85.6 cm³/mol. The zero-order valence-electron chi connectivity index (χ0n) is 12.8. The summed E-state index contributed by atoms with van der Waals surface area (Å²) < 4.78 is 3.20. The molecule has 2 aromatic rings. The van der Waals surface area contributed by atoms with Crippen LogP contribution in [-0.4, -0.2) is 27.6 Å². The first-order valence-corrected chi connectivity index (χ1v) is 7.82. The Labute approximate surface area is 128 Å². The number of amides is 1. The fourth-order valence-electron chi connectivity index (χ4n) is 2.85. The number of aryl methyl sites for hydroxylation is 1. The summed E-state index contributed by atoms with van der Waals surface area (Å²) in [6.07, 6.45) is 2.31. The number of fused-ring (bicyclic) bond motifs is 1. The number of nitrogens with one attached hydrogen (secondary N) is 1. The highest BCUT2D eigenvalue weighted by Crippen LogP contribution is 2.31. The van der Waals surface area contributed by atoms with E-state index in [4.69, 9.17) is 5.73 Å². The number of hydrogen-bond donors (Lipinski definition) is 2. The van der Waals surface area contributed by atoms with E-state index in [1.54, 1.807) is 4.57 Å². The van der Waals surface area contributed by atoms with Crippen LogP contribution in [0.2, 0.25) is 0 Å². The Morgan fingerprint density at radius 3 is 2.55 bits per heavy atom. The lowest BCUT2D eigenvalue weighted by molar-refractivity contribution is -0.121. The van der Waals surface area contributed by atoms with Crippen molar-refractivity contribution in [2.75, 3.05) is 6.54 Å². The van der Waals surface area contributed by atoms with Crippen molar-refractivity contribution in [1.29, 1.82) is 0 Å². The predicted octanol–water partition coefficient (Wildman–Crippen LogP) is 0.676. The van der Waals surface area contributed by atoms with Crippen LogP contribution >= 0.6 is 0 Å². The van der Waals surface area contributed by atoms with Crippen LogP contribution in [0.3, 0.4) is 0 Å². The van der Waals surface area contributed by atoms with Crippen molar-refractivity contribution in [2.45, 2.75) is 38.9 Å². The lowest BCUT2D eigenvalue weighted by Crippen LogP contribution is -2.41. The van der Waals surface area contributed by atoms with Crippen LogP contribution in [-0.2, 0) is 17.9 Å². The third-order valence-electron chi connectivity index (χ3n) is 4.31. The Hall–Kier alpha value is -2.08. The monoisotopic (exact) mass is 302 g/mol. The van der Waals surface area contributed by atoms with E-state index in [2.05, 4.69) is 5.32 Å². The van der Waals surface area contributed by atoms with Gasteiger partial charge in [-0.05, 0) is 37.8 Å². The van der Waals surface area contributed by atoms with Gasteiger partial charge in [0.05, 0.1) is 11.0 Å². The van der Waals surface area contributed by atoms with E-state index in [1.165, 1.54) is 4.57 Å². The quantitative estimate of drug-likeness (QED) is 0.823. The van der Waals surface area contributed by atoms with E-state index < -0.39 is 0 Å². The summed E-state index contributed by atoms with van der Waals surface area (Å²) in [4.78, 5) is 24.6. The molecule has 1 aliphatic rings. The molecule has 1 aliphatic carbocycles. The smallest absolute Gasteiger partial charge is 0.329 e. The minimum absolute atomic E-state index is 0.0256. The van der Waals surface area contributed by atoms with Crippen molar-refractivity contribution in [2.24, 2.45) is 11.7 Å². The molecule has 1 saturated carbocycles. The first-order valence-electron chi connectivity index (χ1n) is 7.82. The number of para-hydroxylation sites is 2. The van der Waals surface area contributed by atoms with Crippen LogP contribution in [0.15, 0.2) is 29.1 Å². The molecule has 6 nitrogen and oxygen atoms in total. The van der Waals surface area contributed by atoms with Crippen LogP contribution in [0.4, 0.5) is 0 Å². The number of carbonyl (C=O) groups is 1. The van der Waals surface area contributed by atoms with Gasteiger partial charge in [0.2, 0.25) is 5.91 Å². The number of benzene rings is 1. The summed E-state index contributed by atoms with van der Waals surface area (Å²) in [7, 11) is 0. The molecule has 1 unspecified atom stereocenters. The van der Waals surface area contributed by atoms with E-state index in [0.29, 0.717) is 19.0 Å². The van der Waals surface area contributed by atoms with Crippen LogP contribution in [0.1, 0.15) is 19.8 Å². The summed E-state index contributed by atoms with van der Waals surface area (Å²) in [5.41, 5.74) is 7.48. The second kappa shape index (κ2) is 5.96. The van der Waals surface area contributed by atoms with Gasteiger partial charge in [-0.1, -0.05) is 12.1 Å². The van der Waals surface area contributed by atoms with Gasteiger partial charge in [-0.15, -0.1) is 0 Å². The van der Waals surface area contributed by atoms with Gasteiger partial charge in [0.15, 0.2) is 0 Å². The summed E-state index contributed by atoms with van der Waals surface area (Å²) in [6.45, 7) is 3.02. The maximum absolute atomic E-state index is 12.4. The highest BCUT2D eigenvalue weighted by atomic mass is 16.2. The third kappa shape index (κ3) is 2.78. The van der Waals surface area contributed by atoms with Crippen LogP contribution in [0.25, 0.3) is 11.0 Å². The Morgan fingerprint density at radius 1 is 1.32 bits per heavy atom. The van der Waals surface area contributed by atoms with Crippen molar-refractivity contribution < 1.29 is 4.79 Å². The van der Waals surface area contributed by atoms with Crippen molar-refractivity contribution in [1.82, 2.24) is 14.5 Å². The maximum atomic E-state index is 12.4. The second-order valence-corrected chi connectivity index (χ2v) is 5.91. The van der Waals surface area contributed by atoms with Gasteiger partial charge in [0.1, 0.15) is 6.54 Å². The molecule has 3 rings (SSSR count). The molecule has 0 spiro atoms. The van der Waals surface area contributed by atoms with Gasteiger partial charge in [0.25, 0.3) is 0 Å². The summed E-state index contributed by atoms with van der Waals surface area (Å²) in [6, 6.07) is 7.56. The molecule has 22 heavy (non-hydrogen) atoms.